The molecule has 3 fully saturated rings. The monoisotopic (exact) mass is 168 g/mol. The molecule has 3 rings (SSSR count). The summed E-state index contributed by atoms with van der Waals surface area (Å²) < 4.78 is 0. The van der Waals surface area contributed by atoms with Crippen LogP contribution < -0.4 is 0 Å². The first-order chi connectivity index (χ1) is 5.81. The molecule has 3 aliphatic heterocycles. The highest BCUT2D eigenvalue weighted by Crippen LogP contribution is 2.18. The van der Waals surface area contributed by atoms with Crippen molar-refractivity contribution in [2.75, 3.05) is 32.7 Å². The zero-order valence-corrected chi connectivity index (χ0v) is 7.32. The lowest BCUT2D eigenvalue weighted by atomic mass is 10.0. The van der Waals surface area contributed by atoms with E-state index in [-0.39, 0.29) is 6.10 Å². The minimum absolute atomic E-state index is 0.296. The highest BCUT2D eigenvalue weighted by atomic mass is 16.3. The van der Waals surface area contributed by atoms with Gasteiger partial charge in [0.2, 0.25) is 0 Å². The molecule has 0 amide bonds. The quantitative estimate of drug-likeness (QED) is 0.565. The van der Waals surface area contributed by atoms with Crippen LogP contribution in [-0.4, -0.2) is 59.8 Å². The fourth-order valence-corrected chi connectivity index (χ4v) is 2.14. The van der Waals surface area contributed by atoms with Crippen LogP contribution in [0.3, 0.4) is 0 Å². The van der Waals surface area contributed by atoms with Crippen molar-refractivity contribution in [3.8, 4) is 0 Å². The van der Waals surface area contributed by atoms with Gasteiger partial charge in [0, 0.05) is 32.7 Å². The van der Waals surface area contributed by atoms with Crippen LogP contribution in [0.4, 0.5) is 0 Å². The minimum atomic E-state index is -0.354. The number of rotatable bonds is 2. The van der Waals surface area contributed by atoms with Crippen molar-refractivity contribution < 1.29 is 5.11 Å². The summed E-state index contributed by atoms with van der Waals surface area (Å²) in [6, 6.07) is 0.296. The van der Waals surface area contributed by atoms with Crippen LogP contribution in [0.25, 0.3) is 0 Å². The summed E-state index contributed by atoms with van der Waals surface area (Å²) in [5.41, 5.74) is 0. The number of hydrogen-bond donors (Lipinski definition) is 1. The number of aliphatic hydroxyl groups excluding tert-OH is 1. The van der Waals surface area contributed by atoms with Crippen molar-refractivity contribution in [3.63, 3.8) is 0 Å². The van der Waals surface area contributed by atoms with Crippen molar-refractivity contribution in [3.05, 3.63) is 12.7 Å². The van der Waals surface area contributed by atoms with E-state index in [1.165, 1.54) is 13.1 Å². The Balaban J connectivity index is 2.03. The van der Waals surface area contributed by atoms with Gasteiger partial charge in [-0.2, -0.15) is 0 Å². The molecular formula is C9H16N2O. The summed E-state index contributed by atoms with van der Waals surface area (Å²) in [5.74, 6) is 0. The minimum Gasteiger partial charge on any atom is -0.387 e. The summed E-state index contributed by atoms with van der Waals surface area (Å²) in [6.45, 7) is 9.18. The van der Waals surface area contributed by atoms with Gasteiger partial charge in [0.15, 0.2) is 0 Å². The van der Waals surface area contributed by atoms with E-state index in [1.807, 2.05) is 0 Å². The van der Waals surface area contributed by atoms with Gasteiger partial charge in [0.05, 0.1) is 12.1 Å². The van der Waals surface area contributed by atoms with Crippen molar-refractivity contribution in [2.24, 2.45) is 0 Å². The Kier molecular flexibility index (Phi) is 2.17. The van der Waals surface area contributed by atoms with Crippen LogP contribution in [0.15, 0.2) is 12.7 Å². The molecular weight excluding hydrogens is 152 g/mol. The summed E-state index contributed by atoms with van der Waals surface area (Å²) in [7, 11) is 0. The van der Waals surface area contributed by atoms with Gasteiger partial charge < -0.3 is 5.11 Å². The van der Waals surface area contributed by atoms with Crippen molar-refractivity contribution >= 4 is 0 Å². The molecule has 0 aromatic rings. The molecule has 3 heterocycles. The van der Waals surface area contributed by atoms with Crippen LogP contribution in [0.5, 0.6) is 0 Å². The van der Waals surface area contributed by atoms with Gasteiger partial charge in [-0.05, 0) is 0 Å². The predicted molar refractivity (Wildman–Crippen MR) is 48.0 cm³/mol. The predicted octanol–water partition coefficient (Wildman–Crippen LogP) is -0.467. The molecule has 3 nitrogen and oxygen atoms in total. The van der Waals surface area contributed by atoms with E-state index in [4.69, 9.17) is 0 Å². The van der Waals surface area contributed by atoms with Crippen LogP contribution in [0.2, 0.25) is 0 Å². The fourth-order valence-electron chi connectivity index (χ4n) is 2.14. The van der Waals surface area contributed by atoms with Gasteiger partial charge in [-0.3, -0.25) is 9.80 Å². The first-order valence-corrected chi connectivity index (χ1v) is 4.58. The van der Waals surface area contributed by atoms with Gasteiger partial charge in [-0.25, -0.2) is 0 Å². The standard InChI is InChI=1S/C9H16N2O/c1-2-9(12)8-7-10-3-5-11(8)6-4-10/h2,8-9,12H,1,3-7H2. The number of fused-ring (bicyclic) bond motifs is 3. The lowest BCUT2D eigenvalue weighted by Gasteiger charge is -2.48. The molecule has 2 unspecified atom stereocenters. The first-order valence-electron chi connectivity index (χ1n) is 4.58. The van der Waals surface area contributed by atoms with E-state index in [1.54, 1.807) is 6.08 Å². The van der Waals surface area contributed by atoms with Crippen LogP contribution in [0.1, 0.15) is 0 Å². The van der Waals surface area contributed by atoms with E-state index < -0.39 is 0 Å². The topological polar surface area (TPSA) is 26.7 Å². The van der Waals surface area contributed by atoms with Crippen LogP contribution >= 0.6 is 0 Å². The summed E-state index contributed by atoms with van der Waals surface area (Å²) in [5, 5.41) is 9.62. The Bertz CT molecular complexity index is 175. The van der Waals surface area contributed by atoms with E-state index >= 15 is 0 Å². The lowest BCUT2D eigenvalue weighted by molar-refractivity contribution is -0.0311. The Morgan fingerprint density at radius 3 is 2.42 bits per heavy atom. The second-order valence-electron chi connectivity index (χ2n) is 3.63. The first kappa shape index (κ1) is 8.23. The molecule has 1 N–H and O–H groups in total. The number of nitrogens with zero attached hydrogens (tertiary/aromatic N) is 2. The SMILES string of the molecule is C=CC(O)C1CN2CCN1CC2. The third-order valence-corrected chi connectivity index (χ3v) is 2.96. The molecule has 0 saturated carbocycles. The summed E-state index contributed by atoms with van der Waals surface area (Å²) in [6.07, 6.45) is 1.29. The molecule has 3 heteroatoms. The molecule has 68 valence electrons. The largest absolute Gasteiger partial charge is 0.387 e. The molecule has 0 spiro atoms. The molecule has 2 bridgehead atoms. The maximum absolute atomic E-state index is 9.62. The number of aliphatic hydroxyl groups is 1. The fraction of sp³-hybridized carbons (Fsp3) is 0.778. The second kappa shape index (κ2) is 3.17. The summed E-state index contributed by atoms with van der Waals surface area (Å²) in [4.78, 5) is 4.78. The zero-order chi connectivity index (χ0) is 8.55. The van der Waals surface area contributed by atoms with E-state index in [0.717, 1.165) is 19.6 Å². The Labute approximate surface area is 73.3 Å². The molecule has 3 saturated heterocycles. The lowest BCUT2D eigenvalue weighted by Crippen LogP contribution is -2.63. The molecule has 12 heavy (non-hydrogen) atoms. The molecule has 3 aliphatic rings. The highest BCUT2D eigenvalue weighted by molar-refractivity contribution is 4.97. The maximum Gasteiger partial charge on any atom is 0.0886 e. The van der Waals surface area contributed by atoms with Gasteiger partial charge in [0.25, 0.3) is 0 Å². The Hall–Kier alpha value is -0.380. The van der Waals surface area contributed by atoms with Crippen molar-refractivity contribution in [1.29, 1.82) is 0 Å². The van der Waals surface area contributed by atoms with Gasteiger partial charge >= 0.3 is 0 Å². The van der Waals surface area contributed by atoms with E-state index in [9.17, 15) is 5.11 Å². The zero-order valence-electron chi connectivity index (χ0n) is 7.32. The van der Waals surface area contributed by atoms with Crippen LogP contribution in [-0.2, 0) is 0 Å². The van der Waals surface area contributed by atoms with Gasteiger partial charge in [-0.1, -0.05) is 6.08 Å². The Morgan fingerprint density at radius 1 is 1.33 bits per heavy atom. The average molecular weight is 168 g/mol. The smallest absolute Gasteiger partial charge is 0.0886 e. The van der Waals surface area contributed by atoms with Crippen molar-refractivity contribution in [1.82, 2.24) is 9.80 Å². The van der Waals surface area contributed by atoms with Crippen molar-refractivity contribution in [2.45, 2.75) is 12.1 Å². The highest BCUT2D eigenvalue weighted by Gasteiger charge is 2.34. The second-order valence-corrected chi connectivity index (χ2v) is 3.63. The number of hydrogen-bond acceptors (Lipinski definition) is 3. The number of piperazine rings is 3. The molecule has 0 radical (unpaired) electrons. The molecule has 2 atom stereocenters. The third kappa shape index (κ3) is 1.28. The molecule has 0 aliphatic carbocycles. The van der Waals surface area contributed by atoms with Crippen LogP contribution in [0, 0.1) is 0 Å². The maximum atomic E-state index is 9.62. The summed E-state index contributed by atoms with van der Waals surface area (Å²) >= 11 is 0. The average Bonchev–Trinajstić information content (AvgIpc) is 2.18. The Morgan fingerprint density at radius 2 is 2.00 bits per heavy atom. The molecule has 0 aromatic carbocycles. The van der Waals surface area contributed by atoms with E-state index in [2.05, 4.69) is 16.4 Å². The molecule has 0 aromatic heterocycles. The van der Waals surface area contributed by atoms with Gasteiger partial charge in [-0.15, -0.1) is 6.58 Å². The normalized spacial score (nSPS) is 42.6. The third-order valence-electron chi connectivity index (χ3n) is 2.96. The van der Waals surface area contributed by atoms with Gasteiger partial charge in [0.1, 0.15) is 0 Å². The van der Waals surface area contributed by atoms with E-state index in [0.29, 0.717) is 6.04 Å².